The van der Waals surface area contributed by atoms with E-state index in [0.717, 1.165) is 33.8 Å². The Hall–Kier alpha value is -2.42. The Morgan fingerprint density at radius 1 is 1.09 bits per heavy atom. The SMILES string of the molecule is CCC(C)(C)c1nc2ccccc2c2ccc(C(=O)OC)cc12. The number of methoxy groups -OCH3 is 1. The van der Waals surface area contributed by atoms with Gasteiger partial charge in [0.25, 0.3) is 0 Å². The van der Waals surface area contributed by atoms with Crippen molar-refractivity contribution < 1.29 is 9.53 Å². The summed E-state index contributed by atoms with van der Waals surface area (Å²) in [5.74, 6) is -0.319. The van der Waals surface area contributed by atoms with Gasteiger partial charge in [0.15, 0.2) is 0 Å². The van der Waals surface area contributed by atoms with E-state index >= 15 is 0 Å². The van der Waals surface area contributed by atoms with Crippen molar-refractivity contribution in [3.05, 3.63) is 53.7 Å². The molecule has 0 fully saturated rings. The third kappa shape index (κ3) is 2.56. The number of nitrogens with zero attached hydrogens (tertiary/aromatic N) is 1. The first kappa shape index (κ1) is 15.5. The Labute approximate surface area is 136 Å². The minimum atomic E-state index is -0.319. The van der Waals surface area contributed by atoms with Gasteiger partial charge in [-0.05, 0) is 30.0 Å². The van der Waals surface area contributed by atoms with Crippen LogP contribution in [0.25, 0.3) is 21.7 Å². The number of esters is 1. The Morgan fingerprint density at radius 2 is 1.83 bits per heavy atom. The van der Waals surface area contributed by atoms with Crippen LogP contribution in [0, 0.1) is 0 Å². The van der Waals surface area contributed by atoms with Crippen LogP contribution in [0.4, 0.5) is 0 Å². The second-order valence-corrected chi connectivity index (χ2v) is 6.47. The fraction of sp³-hybridized carbons (Fsp3) is 0.300. The molecule has 0 amide bonds. The van der Waals surface area contributed by atoms with Gasteiger partial charge in [0.2, 0.25) is 0 Å². The molecule has 3 rings (SSSR count). The molecule has 3 heteroatoms. The molecule has 1 heterocycles. The van der Waals surface area contributed by atoms with Gasteiger partial charge in [-0.3, -0.25) is 4.98 Å². The summed E-state index contributed by atoms with van der Waals surface area (Å²) in [5, 5.41) is 3.26. The van der Waals surface area contributed by atoms with Crippen molar-refractivity contribution >= 4 is 27.6 Å². The third-order valence-electron chi connectivity index (χ3n) is 4.65. The number of pyridine rings is 1. The minimum Gasteiger partial charge on any atom is -0.465 e. The highest BCUT2D eigenvalue weighted by Gasteiger charge is 2.24. The molecule has 2 aromatic carbocycles. The third-order valence-corrected chi connectivity index (χ3v) is 4.65. The fourth-order valence-corrected chi connectivity index (χ4v) is 2.88. The van der Waals surface area contributed by atoms with Crippen LogP contribution in [-0.2, 0) is 10.2 Å². The highest BCUT2D eigenvalue weighted by molar-refractivity contribution is 6.08. The molecule has 1 aromatic heterocycles. The number of para-hydroxylation sites is 1. The van der Waals surface area contributed by atoms with E-state index in [1.165, 1.54) is 7.11 Å². The van der Waals surface area contributed by atoms with Gasteiger partial charge in [-0.15, -0.1) is 0 Å². The van der Waals surface area contributed by atoms with Crippen molar-refractivity contribution in [1.82, 2.24) is 4.98 Å². The molecule has 0 bridgehead atoms. The number of aromatic nitrogens is 1. The predicted molar refractivity (Wildman–Crippen MR) is 93.9 cm³/mol. The van der Waals surface area contributed by atoms with E-state index in [1.807, 2.05) is 36.4 Å². The molecular weight excluding hydrogens is 286 g/mol. The summed E-state index contributed by atoms with van der Waals surface area (Å²) >= 11 is 0. The summed E-state index contributed by atoms with van der Waals surface area (Å²) in [6, 6.07) is 13.9. The highest BCUT2D eigenvalue weighted by Crippen LogP contribution is 2.35. The molecule has 118 valence electrons. The first-order chi connectivity index (χ1) is 11.0. The smallest absolute Gasteiger partial charge is 0.337 e. The zero-order valence-electron chi connectivity index (χ0n) is 14.0. The molecule has 3 nitrogen and oxygen atoms in total. The van der Waals surface area contributed by atoms with E-state index in [9.17, 15) is 4.79 Å². The van der Waals surface area contributed by atoms with Crippen molar-refractivity contribution in [2.75, 3.05) is 7.11 Å². The van der Waals surface area contributed by atoms with Gasteiger partial charge in [0, 0.05) is 16.2 Å². The largest absolute Gasteiger partial charge is 0.465 e. The maximum Gasteiger partial charge on any atom is 0.337 e. The number of rotatable bonds is 3. The van der Waals surface area contributed by atoms with Crippen LogP contribution >= 0.6 is 0 Å². The van der Waals surface area contributed by atoms with Crippen LogP contribution in [0.3, 0.4) is 0 Å². The van der Waals surface area contributed by atoms with E-state index in [1.54, 1.807) is 0 Å². The second-order valence-electron chi connectivity index (χ2n) is 6.47. The first-order valence-corrected chi connectivity index (χ1v) is 7.89. The summed E-state index contributed by atoms with van der Waals surface area (Å²) in [6.45, 7) is 6.54. The van der Waals surface area contributed by atoms with Crippen molar-refractivity contribution in [2.45, 2.75) is 32.6 Å². The van der Waals surface area contributed by atoms with Crippen molar-refractivity contribution in [2.24, 2.45) is 0 Å². The minimum absolute atomic E-state index is 0.0724. The number of hydrogen-bond donors (Lipinski definition) is 0. The lowest BCUT2D eigenvalue weighted by molar-refractivity contribution is 0.0601. The molecule has 0 saturated carbocycles. The lowest BCUT2D eigenvalue weighted by Crippen LogP contribution is -2.18. The molecular formula is C20H21NO2. The van der Waals surface area contributed by atoms with Crippen molar-refractivity contribution in [1.29, 1.82) is 0 Å². The summed E-state index contributed by atoms with van der Waals surface area (Å²) in [4.78, 5) is 16.8. The van der Waals surface area contributed by atoms with E-state index < -0.39 is 0 Å². The molecule has 0 saturated heterocycles. The maximum atomic E-state index is 11.9. The Bertz CT molecular complexity index is 897. The lowest BCUT2D eigenvalue weighted by Gasteiger charge is -2.25. The molecule has 23 heavy (non-hydrogen) atoms. The summed E-state index contributed by atoms with van der Waals surface area (Å²) in [5.41, 5.74) is 2.50. The average Bonchev–Trinajstić information content (AvgIpc) is 2.59. The van der Waals surface area contributed by atoms with E-state index in [2.05, 4.69) is 26.8 Å². The molecule has 0 N–H and O–H groups in total. The standard InChI is InChI=1S/C20H21NO2/c1-5-20(2,3)18-16-12-13(19(22)23-4)10-11-14(16)15-8-6-7-9-17(15)21-18/h6-12H,5H2,1-4H3. The van der Waals surface area contributed by atoms with Gasteiger partial charge in [0.05, 0.1) is 23.9 Å². The highest BCUT2D eigenvalue weighted by atomic mass is 16.5. The number of fused-ring (bicyclic) bond motifs is 3. The van der Waals surface area contributed by atoms with Gasteiger partial charge in [-0.2, -0.15) is 0 Å². The van der Waals surface area contributed by atoms with Crippen LogP contribution in [0.2, 0.25) is 0 Å². The van der Waals surface area contributed by atoms with Crippen molar-refractivity contribution in [3.63, 3.8) is 0 Å². The number of carbonyl (C=O) groups is 1. The average molecular weight is 307 g/mol. The van der Waals surface area contributed by atoms with Crippen LogP contribution in [-0.4, -0.2) is 18.1 Å². The normalized spacial score (nSPS) is 11.8. The summed E-state index contributed by atoms with van der Waals surface area (Å²) in [6.07, 6.45) is 0.968. The van der Waals surface area contributed by atoms with E-state index in [-0.39, 0.29) is 11.4 Å². The number of ether oxygens (including phenoxy) is 1. The maximum absolute atomic E-state index is 11.9. The Morgan fingerprint density at radius 3 is 2.52 bits per heavy atom. The number of hydrogen-bond acceptors (Lipinski definition) is 3. The van der Waals surface area contributed by atoms with Gasteiger partial charge in [-0.25, -0.2) is 4.79 Å². The lowest BCUT2D eigenvalue weighted by atomic mass is 9.82. The zero-order chi connectivity index (χ0) is 16.6. The molecule has 0 unspecified atom stereocenters. The number of benzene rings is 2. The molecule has 0 aliphatic heterocycles. The van der Waals surface area contributed by atoms with Gasteiger partial charge in [-0.1, -0.05) is 45.0 Å². The Kier molecular flexibility index (Phi) is 3.80. The molecule has 0 atom stereocenters. The van der Waals surface area contributed by atoms with Crippen LogP contribution in [0.1, 0.15) is 43.2 Å². The van der Waals surface area contributed by atoms with Crippen molar-refractivity contribution in [3.8, 4) is 0 Å². The van der Waals surface area contributed by atoms with Gasteiger partial charge in [0.1, 0.15) is 0 Å². The predicted octanol–water partition coefficient (Wildman–Crippen LogP) is 4.86. The van der Waals surface area contributed by atoms with E-state index in [0.29, 0.717) is 5.56 Å². The topological polar surface area (TPSA) is 39.2 Å². The molecule has 3 aromatic rings. The van der Waals surface area contributed by atoms with Gasteiger partial charge < -0.3 is 4.74 Å². The fourth-order valence-electron chi connectivity index (χ4n) is 2.88. The van der Waals surface area contributed by atoms with Crippen LogP contribution < -0.4 is 0 Å². The van der Waals surface area contributed by atoms with Crippen LogP contribution in [0.15, 0.2) is 42.5 Å². The van der Waals surface area contributed by atoms with Crippen LogP contribution in [0.5, 0.6) is 0 Å². The van der Waals surface area contributed by atoms with E-state index in [4.69, 9.17) is 9.72 Å². The first-order valence-electron chi connectivity index (χ1n) is 7.89. The molecule has 0 aliphatic rings. The molecule has 0 spiro atoms. The molecule has 0 radical (unpaired) electrons. The second kappa shape index (κ2) is 5.65. The molecule has 0 aliphatic carbocycles. The summed E-state index contributed by atoms with van der Waals surface area (Å²) < 4.78 is 4.87. The summed E-state index contributed by atoms with van der Waals surface area (Å²) in [7, 11) is 1.40. The zero-order valence-corrected chi connectivity index (χ0v) is 14.0. The Balaban J connectivity index is 2.43. The monoisotopic (exact) mass is 307 g/mol. The number of carbonyl (C=O) groups excluding carboxylic acids is 1. The quantitative estimate of drug-likeness (QED) is 0.512. The van der Waals surface area contributed by atoms with Gasteiger partial charge >= 0.3 is 5.97 Å².